The first-order chi connectivity index (χ1) is 9.70. The zero-order chi connectivity index (χ0) is 14.1. The highest BCUT2D eigenvalue weighted by Gasteiger charge is 2.13. The standard InChI is InChI=1S/C16H14N2O2/c1-2-11-5-3-6-12(9-11)18-10-17-15-13(16(19)20)7-4-8-14(15)18/h3-10H,2H2,1H3,(H,19,20). The highest BCUT2D eigenvalue weighted by Crippen LogP contribution is 2.22. The first kappa shape index (κ1) is 12.4. The number of rotatable bonds is 3. The van der Waals surface area contributed by atoms with Crippen molar-refractivity contribution in [1.29, 1.82) is 0 Å². The number of hydrogen-bond donors (Lipinski definition) is 1. The van der Waals surface area contributed by atoms with Crippen molar-refractivity contribution in [3.8, 4) is 5.69 Å². The number of aryl methyl sites for hydroxylation is 1. The molecule has 0 radical (unpaired) electrons. The van der Waals surface area contributed by atoms with E-state index in [4.69, 9.17) is 0 Å². The SMILES string of the molecule is CCc1cccc(-n2cnc3c(C(=O)O)cccc32)c1. The maximum Gasteiger partial charge on any atom is 0.337 e. The molecule has 0 aliphatic carbocycles. The average molecular weight is 266 g/mol. The van der Waals surface area contributed by atoms with Crippen molar-refractivity contribution in [3.05, 3.63) is 59.9 Å². The van der Waals surface area contributed by atoms with E-state index >= 15 is 0 Å². The first-order valence-corrected chi connectivity index (χ1v) is 6.49. The van der Waals surface area contributed by atoms with Crippen LogP contribution in [0.25, 0.3) is 16.7 Å². The Bertz CT molecular complexity index is 790. The largest absolute Gasteiger partial charge is 0.478 e. The lowest BCUT2D eigenvalue weighted by Gasteiger charge is -2.06. The fourth-order valence-electron chi connectivity index (χ4n) is 2.34. The van der Waals surface area contributed by atoms with Gasteiger partial charge in [-0.15, -0.1) is 0 Å². The summed E-state index contributed by atoms with van der Waals surface area (Å²) in [4.78, 5) is 15.5. The summed E-state index contributed by atoms with van der Waals surface area (Å²) in [6, 6.07) is 13.4. The minimum absolute atomic E-state index is 0.230. The van der Waals surface area contributed by atoms with Crippen LogP contribution in [0.2, 0.25) is 0 Å². The number of hydrogen-bond acceptors (Lipinski definition) is 2. The number of aromatic nitrogens is 2. The van der Waals surface area contributed by atoms with Gasteiger partial charge in [-0.05, 0) is 36.2 Å². The van der Waals surface area contributed by atoms with Crippen LogP contribution in [-0.4, -0.2) is 20.6 Å². The molecule has 4 nitrogen and oxygen atoms in total. The second kappa shape index (κ2) is 4.81. The molecule has 0 unspecified atom stereocenters. The summed E-state index contributed by atoms with van der Waals surface area (Å²) in [5.74, 6) is -0.955. The lowest BCUT2D eigenvalue weighted by molar-refractivity contribution is 0.0699. The van der Waals surface area contributed by atoms with E-state index in [-0.39, 0.29) is 5.56 Å². The Hall–Kier alpha value is -2.62. The molecular formula is C16H14N2O2. The van der Waals surface area contributed by atoms with Crippen LogP contribution in [0, 0.1) is 0 Å². The van der Waals surface area contributed by atoms with Gasteiger partial charge in [-0.3, -0.25) is 4.57 Å². The summed E-state index contributed by atoms with van der Waals surface area (Å²) in [6.45, 7) is 2.10. The molecule has 2 aromatic carbocycles. The molecule has 3 aromatic rings. The number of imidazole rings is 1. The molecule has 0 amide bonds. The van der Waals surface area contributed by atoms with Gasteiger partial charge >= 0.3 is 5.97 Å². The molecule has 0 saturated carbocycles. The number of carbonyl (C=O) groups is 1. The van der Waals surface area contributed by atoms with E-state index in [2.05, 4.69) is 24.0 Å². The molecule has 0 aliphatic heterocycles. The summed E-state index contributed by atoms with van der Waals surface area (Å²) < 4.78 is 1.92. The molecule has 100 valence electrons. The van der Waals surface area contributed by atoms with Gasteiger partial charge in [0.1, 0.15) is 11.8 Å². The van der Waals surface area contributed by atoms with Crippen molar-refractivity contribution in [1.82, 2.24) is 9.55 Å². The Morgan fingerprint density at radius 2 is 2.05 bits per heavy atom. The van der Waals surface area contributed by atoms with Gasteiger partial charge < -0.3 is 5.11 Å². The van der Waals surface area contributed by atoms with Crippen molar-refractivity contribution in [2.24, 2.45) is 0 Å². The second-order valence-electron chi connectivity index (χ2n) is 4.62. The van der Waals surface area contributed by atoms with Gasteiger partial charge in [-0.1, -0.05) is 25.1 Å². The van der Waals surface area contributed by atoms with Crippen LogP contribution in [0.15, 0.2) is 48.8 Å². The van der Waals surface area contributed by atoms with Crippen molar-refractivity contribution < 1.29 is 9.90 Å². The van der Waals surface area contributed by atoms with Gasteiger partial charge in [0.25, 0.3) is 0 Å². The van der Waals surface area contributed by atoms with E-state index in [1.165, 1.54) is 5.56 Å². The van der Waals surface area contributed by atoms with E-state index in [0.29, 0.717) is 5.52 Å². The van der Waals surface area contributed by atoms with Gasteiger partial charge in [0.2, 0.25) is 0 Å². The molecule has 0 atom stereocenters. The molecule has 0 saturated heterocycles. The van der Waals surface area contributed by atoms with E-state index in [0.717, 1.165) is 17.6 Å². The highest BCUT2D eigenvalue weighted by atomic mass is 16.4. The van der Waals surface area contributed by atoms with Crippen LogP contribution in [-0.2, 0) is 6.42 Å². The van der Waals surface area contributed by atoms with Crippen LogP contribution < -0.4 is 0 Å². The summed E-state index contributed by atoms with van der Waals surface area (Å²) in [5.41, 5.74) is 3.78. The van der Waals surface area contributed by atoms with Gasteiger partial charge in [-0.2, -0.15) is 0 Å². The molecule has 0 fully saturated rings. The fraction of sp³-hybridized carbons (Fsp3) is 0.125. The number of benzene rings is 2. The third-order valence-electron chi connectivity index (χ3n) is 3.40. The lowest BCUT2D eigenvalue weighted by atomic mass is 10.1. The molecule has 0 bridgehead atoms. The molecule has 1 heterocycles. The summed E-state index contributed by atoms with van der Waals surface area (Å²) in [7, 11) is 0. The molecule has 0 aliphatic rings. The van der Waals surface area contributed by atoms with Crippen LogP contribution in [0.1, 0.15) is 22.8 Å². The Morgan fingerprint density at radius 3 is 2.80 bits per heavy atom. The van der Waals surface area contributed by atoms with Gasteiger partial charge in [0.05, 0.1) is 11.1 Å². The Kier molecular flexibility index (Phi) is 2.99. The van der Waals surface area contributed by atoms with E-state index < -0.39 is 5.97 Å². The molecule has 1 N–H and O–H groups in total. The summed E-state index contributed by atoms with van der Waals surface area (Å²) in [6.07, 6.45) is 2.63. The van der Waals surface area contributed by atoms with Gasteiger partial charge in [-0.25, -0.2) is 9.78 Å². The molecule has 0 spiro atoms. The third-order valence-corrected chi connectivity index (χ3v) is 3.40. The van der Waals surface area contributed by atoms with Crippen molar-refractivity contribution >= 4 is 17.0 Å². The fourth-order valence-corrected chi connectivity index (χ4v) is 2.34. The normalized spacial score (nSPS) is 10.8. The number of carboxylic acids is 1. The topological polar surface area (TPSA) is 55.1 Å². The minimum Gasteiger partial charge on any atom is -0.478 e. The monoisotopic (exact) mass is 266 g/mol. The van der Waals surface area contributed by atoms with E-state index in [1.54, 1.807) is 18.5 Å². The molecule has 3 rings (SSSR count). The number of nitrogens with zero attached hydrogens (tertiary/aromatic N) is 2. The van der Waals surface area contributed by atoms with Crippen LogP contribution in [0.5, 0.6) is 0 Å². The molecule has 4 heteroatoms. The maximum atomic E-state index is 11.2. The van der Waals surface area contributed by atoms with E-state index in [1.807, 2.05) is 22.8 Å². The van der Waals surface area contributed by atoms with Crippen LogP contribution in [0.3, 0.4) is 0 Å². The van der Waals surface area contributed by atoms with Crippen LogP contribution >= 0.6 is 0 Å². The van der Waals surface area contributed by atoms with Gasteiger partial charge in [0, 0.05) is 5.69 Å². The number of carboxylic acid groups (broad SMARTS) is 1. The van der Waals surface area contributed by atoms with Crippen LogP contribution in [0.4, 0.5) is 0 Å². The zero-order valence-electron chi connectivity index (χ0n) is 11.1. The Morgan fingerprint density at radius 1 is 1.25 bits per heavy atom. The predicted octanol–water partition coefficient (Wildman–Crippen LogP) is 3.29. The quantitative estimate of drug-likeness (QED) is 0.791. The van der Waals surface area contributed by atoms with Crippen molar-refractivity contribution in [2.75, 3.05) is 0 Å². The molecular weight excluding hydrogens is 252 g/mol. The summed E-state index contributed by atoms with van der Waals surface area (Å²) >= 11 is 0. The summed E-state index contributed by atoms with van der Waals surface area (Å²) in [5, 5.41) is 9.20. The first-order valence-electron chi connectivity index (χ1n) is 6.49. The maximum absolute atomic E-state index is 11.2. The number of aromatic carboxylic acids is 1. The molecule has 1 aromatic heterocycles. The smallest absolute Gasteiger partial charge is 0.337 e. The van der Waals surface area contributed by atoms with Crippen molar-refractivity contribution in [3.63, 3.8) is 0 Å². The molecule has 20 heavy (non-hydrogen) atoms. The third kappa shape index (κ3) is 1.95. The van der Waals surface area contributed by atoms with Gasteiger partial charge in [0.15, 0.2) is 0 Å². The van der Waals surface area contributed by atoms with Crippen molar-refractivity contribution in [2.45, 2.75) is 13.3 Å². The Balaban J connectivity index is 2.22. The highest BCUT2D eigenvalue weighted by molar-refractivity contribution is 6.01. The number of para-hydroxylation sites is 1. The minimum atomic E-state index is -0.955. The average Bonchev–Trinajstić information content (AvgIpc) is 2.91. The predicted molar refractivity (Wildman–Crippen MR) is 77.4 cm³/mol. The Labute approximate surface area is 116 Å². The van der Waals surface area contributed by atoms with E-state index in [9.17, 15) is 9.90 Å². The number of fused-ring (bicyclic) bond motifs is 1. The lowest BCUT2D eigenvalue weighted by Crippen LogP contribution is -1.98. The second-order valence-corrected chi connectivity index (χ2v) is 4.62. The zero-order valence-corrected chi connectivity index (χ0v) is 11.1.